The molecule has 0 amide bonds. The molecule has 1 aliphatic rings. The van der Waals surface area contributed by atoms with Crippen molar-refractivity contribution in [2.24, 2.45) is 5.92 Å². The van der Waals surface area contributed by atoms with Gasteiger partial charge in [0.25, 0.3) is 0 Å². The SMILES string of the molecule is Clc1ccc(C=CC2CCNCC2)cn1. The third-order valence-corrected chi connectivity index (χ3v) is 2.92. The van der Waals surface area contributed by atoms with Gasteiger partial charge in [0.05, 0.1) is 0 Å². The standard InChI is InChI=1S/C12H15ClN2/c13-12-4-3-11(9-15-12)2-1-10-5-7-14-8-6-10/h1-4,9-10,14H,5-8H2. The number of hydrogen-bond acceptors (Lipinski definition) is 2. The van der Waals surface area contributed by atoms with E-state index in [0.29, 0.717) is 11.1 Å². The molecule has 2 heterocycles. The first-order chi connectivity index (χ1) is 7.34. The molecule has 0 atom stereocenters. The van der Waals surface area contributed by atoms with E-state index in [1.165, 1.54) is 12.8 Å². The summed E-state index contributed by atoms with van der Waals surface area (Å²) in [6.45, 7) is 2.27. The highest BCUT2D eigenvalue weighted by molar-refractivity contribution is 6.29. The van der Waals surface area contributed by atoms with Gasteiger partial charge in [0.1, 0.15) is 5.15 Å². The molecular weight excluding hydrogens is 208 g/mol. The third-order valence-electron chi connectivity index (χ3n) is 2.69. The molecule has 0 bridgehead atoms. The average Bonchev–Trinajstić information content (AvgIpc) is 2.30. The van der Waals surface area contributed by atoms with E-state index in [-0.39, 0.29) is 0 Å². The van der Waals surface area contributed by atoms with Gasteiger partial charge in [-0.1, -0.05) is 29.8 Å². The Balaban J connectivity index is 1.95. The van der Waals surface area contributed by atoms with Gasteiger partial charge in [0.15, 0.2) is 0 Å². The van der Waals surface area contributed by atoms with Crippen LogP contribution < -0.4 is 5.32 Å². The normalized spacial score (nSPS) is 18.5. The molecule has 1 aliphatic heterocycles. The summed E-state index contributed by atoms with van der Waals surface area (Å²) in [6, 6.07) is 3.82. The van der Waals surface area contributed by atoms with Crippen LogP contribution in [-0.2, 0) is 0 Å². The second-order valence-corrected chi connectivity index (χ2v) is 4.25. The first-order valence-corrected chi connectivity index (χ1v) is 5.73. The van der Waals surface area contributed by atoms with Gasteiger partial charge in [-0.05, 0) is 43.5 Å². The molecule has 1 aromatic heterocycles. The van der Waals surface area contributed by atoms with Crippen LogP contribution in [0.15, 0.2) is 24.4 Å². The van der Waals surface area contributed by atoms with Gasteiger partial charge in [-0.15, -0.1) is 0 Å². The lowest BCUT2D eigenvalue weighted by atomic mass is 9.97. The number of rotatable bonds is 2. The van der Waals surface area contributed by atoms with Crippen molar-refractivity contribution < 1.29 is 0 Å². The predicted molar refractivity (Wildman–Crippen MR) is 63.9 cm³/mol. The molecule has 0 saturated carbocycles. The lowest BCUT2D eigenvalue weighted by Gasteiger charge is -2.19. The molecule has 1 N–H and O–H groups in total. The van der Waals surface area contributed by atoms with Crippen molar-refractivity contribution in [1.82, 2.24) is 10.3 Å². The van der Waals surface area contributed by atoms with Crippen LogP contribution in [0.5, 0.6) is 0 Å². The number of nitrogens with one attached hydrogen (secondary N) is 1. The van der Waals surface area contributed by atoms with Crippen LogP contribution in [0.2, 0.25) is 5.15 Å². The molecule has 3 heteroatoms. The maximum atomic E-state index is 5.72. The molecule has 0 unspecified atom stereocenters. The predicted octanol–water partition coefficient (Wildman–Crippen LogP) is 2.75. The van der Waals surface area contributed by atoms with Crippen molar-refractivity contribution in [2.75, 3.05) is 13.1 Å². The molecule has 2 nitrogen and oxygen atoms in total. The van der Waals surface area contributed by atoms with Crippen LogP contribution in [0, 0.1) is 5.92 Å². The van der Waals surface area contributed by atoms with E-state index in [1.54, 1.807) is 6.20 Å². The first kappa shape index (κ1) is 10.7. The van der Waals surface area contributed by atoms with Crippen molar-refractivity contribution in [3.05, 3.63) is 35.1 Å². The molecule has 0 aliphatic carbocycles. The Morgan fingerprint density at radius 2 is 2.13 bits per heavy atom. The summed E-state index contributed by atoms with van der Waals surface area (Å²) < 4.78 is 0. The molecule has 0 spiro atoms. The quantitative estimate of drug-likeness (QED) is 0.779. The fourth-order valence-electron chi connectivity index (χ4n) is 1.77. The van der Waals surface area contributed by atoms with Gasteiger partial charge < -0.3 is 5.32 Å². The summed E-state index contributed by atoms with van der Waals surface area (Å²) in [4.78, 5) is 4.04. The van der Waals surface area contributed by atoms with Gasteiger partial charge in [-0.2, -0.15) is 0 Å². The zero-order chi connectivity index (χ0) is 10.5. The Labute approximate surface area is 95.4 Å². The monoisotopic (exact) mass is 222 g/mol. The minimum Gasteiger partial charge on any atom is -0.317 e. The van der Waals surface area contributed by atoms with Crippen LogP contribution in [-0.4, -0.2) is 18.1 Å². The summed E-state index contributed by atoms with van der Waals surface area (Å²) in [7, 11) is 0. The second kappa shape index (κ2) is 5.29. The minimum absolute atomic E-state index is 0.550. The van der Waals surface area contributed by atoms with Crippen LogP contribution >= 0.6 is 11.6 Å². The van der Waals surface area contributed by atoms with Gasteiger partial charge in [-0.3, -0.25) is 0 Å². The van der Waals surface area contributed by atoms with Gasteiger partial charge in [0.2, 0.25) is 0 Å². The maximum absolute atomic E-state index is 5.72. The molecule has 15 heavy (non-hydrogen) atoms. The average molecular weight is 223 g/mol. The Bertz CT molecular complexity index is 326. The zero-order valence-corrected chi connectivity index (χ0v) is 9.37. The number of pyridine rings is 1. The summed E-state index contributed by atoms with van der Waals surface area (Å²) >= 11 is 5.72. The molecule has 0 radical (unpaired) electrons. The Hall–Kier alpha value is -0.860. The number of halogens is 1. The van der Waals surface area contributed by atoms with Crippen molar-refractivity contribution in [3.63, 3.8) is 0 Å². The van der Waals surface area contributed by atoms with Crippen LogP contribution in [0.3, 0.4) is 0 Å². The van der Waals surface area contributed by atoms with Crippen LogP contribution in [0.4, 0.5) is 0 Å². The number of piperidine rings is 1. The first-order valence-electron chi connectivity index (χ1n) is 5.35. The fourth-order valence-corrected chi connectivity index (χ4v) is 1.88. The van der Waals surface area contributed by atoms with Crippen molar-refractivity contribution in [1.29, 1.82) is 0 Å². The summed E-state index contributed by atoms with van der Waals surface area (Å²) in [5.41, 5.74) is 1.12. The minimum atomic E-state index is 0.550. The Morgan fingerprint density at radius 3 is 2.80 bits per heavy atom. The highest BCUT2D eigenvalue weighted by atomic mass is 35.5. The molecule has 80 valence electrons. The Morgan fingerprint density at radius 1 is 1.33 bits per heavy atom. The Kier molecular flexibility index (Phi) is 3.75. The molecule has 1 saturated heterocycles. The number of hydrogen-bond donors (Lipinski definition) is 1. The molecule has 0 aromatic carbocycles. The largest absolute Gasteiger partial charge is 0.317 e. The molecule has 1 fully saturated rings. The number of aromatic nitrogens is 1. The van der Waals surface area contributed by atoms with Crippen LogP contribution in [0.1, 0.15) is 18.4 Å². The highest BCUT2D eigenvalue weighted by Gasteiger charge is 2.08. The van der Waals surface area contributed by atoms with E-state index in [9.17, 15) is 0 Å². The lowest BCUT2D eigenvalue weighted by molar-refractivity contribution is 0.438. The number of allylic oxidation sites excluding steroid dienone is 1. The maximum Gasteiger partial charge on any atom is 0.129 e. The van der Waals surface area contributed by atoms with Crippen molar-refractivity contribution in [2.45, 2.75) is 12.8 Å². The van der Waals surface area contributed by atoms with Crippen molar-refractivity contribution in [3.8, 4) is 0 Å². The molecular formula is C12H15ClN2. The second-order valence-electron chi connectivity index (χ2n) is 3.86. The van der Waals surface area contributed by atoms with E-state index in [0.717, 1.165) is 18.7 Å². The van der Waals surface area contributed by atoms with E-state index >= 15 is 0 Å². The van der Waals surface area contributed by atoms with Gasteiger partial charge in [0, 0.05) is 6.20 Å². The third kappa shape index (κ3) is 3.33. The molecule has 2 rings (SSSR count). The number of nitrogens with zero attached hydrogens (tertiary/aromatic N) is 1. The fraction of sp³-hybridized carbons (Fsp3) is 0.417. The van der Waals surface area contributed by atoms with E-state index in [4.69, 9.17) is 11.6 Å². The summed E-state index contributed by atoms with van der Waals surface area (Å²) in [5.74, 6) is 0.710. The highest BCUT2D eigenvalue weighted by Crippen LogP contribution is 2.15. The van der Waals surface area contributed by atoms with E-state index < -0.39 is 0 Å². The molecule has 1 aromatic rings. The smallest absolute Gasteiger partial charge is 0.129 e. The zero-order valence-electron chi connectivity index (χ0n) is 8.62. The van der Waals surface area contributed by atoms with Crippen molar-refractivity contribution >= 4 is 17.7 Å². The summed E-state index contributed by atoms with van der Waals surface area (Å²) in [5, 5.41) is 3.91. The van der Waals surface area contributed by atoms with Gasteiger partial charge >= 0.3 is 0 Å². The van der Waals surface area contributed by atoms with E-state index in [1.807, 2.05) is 12.1 Å². The lowest BCUT2D eigenvalue weighted by Crippen LogP contribution is -2.26. The van der Waals surface area contributed by atoms with E-state index in [2.05, 4.69) is 22.5 Å². The topological polar surface area (TPSA) is 24.9 Å². The summed E-state index contributed by atoms with van der Waals surface area (Å²) in [6.07, 6.45) is 8.69. The van der Waals surface area contributed by atoms with Crippen LogP contribution in [0.25, 0.3) is 6.08 Å². The van der Waals surface area contributed by atoms with Gasteiger partial charge in [-0.25, -0.2) is 4.98 Å².